The van der Waals surface area contributed by atoms with Crippen LogP contribution in [0.1, 0.15) is 18.2 Å². The van der Waals surface area contributed by atoms with Gasteiger partial charge in [0.1, 0.15) is 0 Å². The lowest BCUT2D eigenvalue weighted by Crippen LogP contribution is -2.37. The number of nitrogens with zero attached hydrogens (tertiary/aromatic N) is 1. The minimum absolute atomic E-state index is 0.0312. The van der Waals surface area contributed by atoms with Crippen LogP contribution in [0, 0.1) is 0 Å². The number of amides is 1. The molecule has 1 unspecified atom stereocenters. The third-order valence-corrected chi connectivity index (χ3v) is 4.68. The largest absolute Gasteiger partial charge is 0.336 e. The van der Waals surface area contributed by atoms with Crippen molar-refractivity contribution in [3.8, 4) is 0 Å². The number of hydrogen-bond acceptors (Lipinski definition) is 3. The van der Waals surface area contributed by atoms with Gasteiger partial charge in [-0.1, -0.05) is 6.92 Å². The molecule has 1 N–H and O–H groups in total. The number of likely N-dealkylation sites (N-methyl/N-ethyl adjacent to an activating group) is 1. The van der Waals surface area contributed by atoms with Crippen LogP contribution in [0.5, 0.6) is 0 Å². The Morgan fingerprint density at radius 2 is 2.50 bits per heavy atom. The van der Waals surface area contributed by atoms with Crippen molar-refractivity contribution in [1.82, 2.24) is 10.2 Å². The molecule has 0 spiro atoms. The third-order valence-electron chi connectivity index (χ3n) is 2.77. The van der Waals surface area contributed by atoms with Gasteiger partial charge in [-0.15, -0.1) is 11.3 Å². The SMILES string of the molecule is CCNC1CCN(Cc2sccc2Br)C1=O. The predicted molar refractivity (Wildman–Crippen MR) is 69.5 cm³/mol. The van der Waals surface area contributed by atoms with Crippen LogP contribution in [0.3, 0.4) is 0 Å². The zero-order valence-corrected chi connectivity index (χ0v) is 11.6. The number of thiophene rings is 1. The molecule has 1 saturated heterocycles. The van der Waals surface area contributed by atoms with E-state index in [4.69, 9.17) is 0 Å². The molecule has 16 heavy (non-hydrogen) atoms. The molecule has 0 aromatic carbocycles. The highest BCUT2D eigenvalue weighted by Gasteiger charge is 2.30. The van der Waals surface area contributed by atoms with Crippen molar-refractivity contribution in [3.63, 3.8) is 0 Å². The number of carbonyl (C=O) groups is 1. The second-order valence-corrected chi connectivity index (χ2v) is 5.71. The summed E-state index contributed by atoms with van der Waals surface area (Å²) in [6.07, 6.45) is 0.926. The van der Waals surface area contributed by atoms with Crippen molar-refractivity contribution in [2.75, 3.05) is 13.1 Å². The van der Waals surface area contributed by atoms with E-state index >= 15 is 0 Å². The van der Waals surface area contributed by atoms with Crippen LogP contribution in [-0.4, -0.2) is 29.9 Å². The molecule has 1 aliphatic heterocycles. The highest BCUT2D eigenvalue weighted by Crippen LogP contribution is 2.25. The van der Waals surface area contributed by atoms with Crippen LogP contribution in [0.25, 0.3) is 0 Å². The highest BCUT2D eigenvalue weighted by atomic mass is 79.9. The average molecular weight is 303 g/mol. The van der Waals surface area contributed by atoms with Gasteiger partial charge in [0.2, 0.25) is 5.91 Å². The van der Waals surface area contributed by atoms with Crippen molar-refractivity contribution in [2.24, 2.45) is 0 Å². The highest BCUT2D eigenvalue weighted by molar-refractivity contribution is 9.10. The minimum Gasteiger partial charge on any atom is -0.336 e. The molecule has 2 heterocycles. The molecular weight excluding hydrogens is 288 g/mol. The van der Waals surface area contributed by atoms with Gasteiger partial charge in [0.15, 0.2) is 0 Å². The number of likely N-dealkylation sites (tertiary alicyclic amines) is 1. The second kappa shape index (κ2) is 5.29. The van der Waals surface area contributed by atoms with E-state index in [0.29, 0.717) is 0 Å². The van der Waals surface area contributed by atoms with Crippen LogP contribution in [0.4, 0.5) is 0 Å². The number of carbonyl (C=O) groups excluding carboxylic acids is 1. The van der Waals surface area contributed by atoms with Crippen LogP contribution in [0.2, 0.25) is 0 Å². The van der Waals surface area contributed by atoms with Crippen LogP contribution >= 0.6 is 27.3 Å². The molecule has 1 amide bonds. The average Bonchev–Trinajstić information content (AvgIpc) is 2.80. The lowest BCUT2D eigenvalue weighted by Gasteiger charge is -2.16. The van der Waals surface area contributed by atoms with E-state index in [9.17, 15) is 4.79 Å². The normalized spacial score (nSPS) is 20.8. The van der Waals surface area contributed by atoms with E-state index in [0.717, 1.165) is 30.5 Å². The first-order valence-electron chi connectivity index (χ1n) is 5.46. The Balaban J connectivity index is 1.97. The fraction of sp³-hybridized carbons (Fsp3) is 0.545. The van der Waals surface area contributed by atoms with Gasteiger partial charge < -0.3 is 10.2 Å². The molecule has 1 aromatic rings. The van der Waals surface area contributed by atoms with E-state index < -0.39 is 0 Å². The minimum atomic E-state index is 0.0312. The predicted octanol–water partition coefficient (Wildman–Crippen LogP) is 2.22. The molecular formula is C11H15BrN2OS. The van der Waals surface area contributed by atoms with Gasteiger partial charge in [-0.3, -0.25) is 4.79 Å². The molecule has 1 atom stereocenters. The summed E-state index contributed by atoms with van der Waals surface area (Å²) < 4.78 is 1.11. The van der Waals surface area contributed by atoms with E-state index in [1.807, 2.05) is 23.3 Å². The van der Waals surface area contributed by atoms with Crippen molar-refractivity contribution >= 4 is 33.2 Å². The number of rotatable bonds is 4. The summed E-state index contributed by atoms with van der Waals surface area (Å²) in [5, 5.41) is 5.26. The van der Waals surface area contributed by atoms with Gasteiger partial charge >= 0.3 is 0 Å². The Morgan fingerprint density at radius 3 is 3.12 bits per heavy atom. The van der Waals surface area contributed by atoms with Crippen molar-refractivity contribution in [2.45, 2.75) is 25.9 Å². The summed E-state index contributed by atoms with van der Waals surface area (Å²) >= 11 is 5.19. The smallest absolute Gasteiger partial charge is 0.240 e. The molecule has 88 valence electrons. The van der Waals surface area contributed by atoms with E-state index in [-0.39, 0.29) is 11.9 Å². The van der Waals surface area contributed by atoms with E-state index in [1.165, 1.54) is 4.88 Å². The number of halogens is 1. The van der Waals surface area contributed by atoms with E-state index in [2.05, 4.69) is 21.2 Å². The summed E-state index contributed by atoms with van der Waals surface area (Å²) in [7, 11) is 0. The lowest BCUT2D eigenvalue weighted by atomic mass is 10.2. The topological polar surface area (TPSA) is 32.3 Å². The summed E-state index contributed by atoms with van der Waals surface area (Å²) in [5.74, 6) is 0.238. The molecule has 3 nitrogen and oxygen atoms in total. The quantitative estimate of drug-likeness (QED) is 0.925. The van der Waals surface area contributed by atoms with E-state index in [1.54, 1.807) is 11.3 Å². The molecule has 5 heteroatoms. The summed E-state index contributed by atoms with van der Waals surface area (Å²) in [4.78, 5) is 15.1. The van der Waals surface area contributed by atoms with Crippen molar-refractivity contribution in [1.29, 1.82) is 0 Å². The Labute approximate surface area is 108 Å². The van der Waals surface area contributed by atoms with Crippen molar-refractivity contribution < 1.29 is 4.79 Å². The zero-order valence-electron chi connectivity index (χ0n) is 9.20. The molecule has 0 radical (unpaired) electrons. The maximum Gasteiger partial charge on any atom is 0.240 e. The Hall–Kier alpha value is -0.390. The molecule has 2 rings (SSSR count). The Kier molecular flexibility index (Phi) is 4.00. The van der Waals surface area contributed by atoms with Crippen LogP contribution in [-0.2, 0) is 11.3 Å². The molecule has 0 aliphatic carbocycles. The summed E-state index contributed by atoms with van der Waals surface area (Å²) in [6.45, 7) is 4.48. The molecule has 1 aromatic heterocycles. The molecule has 1 fully saturated rings. The molecule has 0 bridgehead atoms. The van der Waals surface area contributed by atoms with Gasteiger partial charge in [0, 0.05) is 15.9 Å². The van der Waals surface area contributed by atoms with Crippen LogP contribution < -0.4 is 5.32 Å². The maximum absolute atomic E-state index is 12.0. The van der Waals surface area contributed by atoms with Gasteiger partial charge in [0.25, 0.3) is 0 Å². The monoisotopic (exact) mass is 302 g/mol. The second-order valence-electron chi connectivity index (χ2n) is 3.85. The lowest BCUT2D eigenvalue weighted by molar-refractivity contribution is -0.129. The van der Waals surface area contributed by atoms with Crippen molar-refractivity contribution in [3.05, 3.63) is 20.8 Å². The first-order chi connectivity index (χ1) is 7.72. The molecule has 0 saturated carbocycles. The summed E-state index contributed by atoms with van der Waals surface area (Å²) in [5.41, 5.74) is 0. The van der Waals surface area contributed by atoms with Crippen LogP contribution in [0.15, 0.2) is 15.9 Å². The third kappa shape index (κ3) is 2.47. The number of hydrogen-bond donors (Lipinski definition) is 1. The fourth-order valence-electron chi connectivity index (χ4n) is 1.94. The number of nitrogens with one attached hydrogen (secondary N) is 1. The Bertz CT molecular complexity index is 380. The fourth-order valence-corrected chi connectivity index (χ4v) is 3.44. The standard InChI is InChI=1S/C11H15BrN2OS/c1-2-13-9-3-5-14(11(9)15)7-10-8(12)4-6-16-10/h4,6,9,13H,2-3,5,7H2,1H3. The van der Waals surface area contributed by atoms with Gasteiger partial charge in [-0.05, 0) is 40.3 Å². The Morgan fingerprint density at radius 1 is 1.69 bits per heavy atom. The van der Waals surface area contributed by atoms with Gasteiger partial charge in [-0.2, -0.15) is 0 Å². The maximum atomic E-state index is 12.0. The van der Waals surface area contributed by atoms with Gasteiger partial charge in [0.05, 0.1) is 12.6 Å². The first-order valence-corrected chi connectivity index (χ1v) is 7.13. The summed E-state index contributed by atoms with van der Waals surface area (Å²) in [6, 6.07) is 2.06. The van der Waals surface area contributed by atoms with Gasteiger partial charge in [-0.25, -0.2) is 0 Å². The first kappa shape index (κ1) is 12.1. The zero-order chi connectivity index (χ0) is 11.5. The molecule has 1 aliphatic rings.